The second-order valence-corrected chi connectivity index (χ2v) is 2.57. The van der Waals surface area contributed by atoms with Crippen LogP contribution in [0.2, 0.25) is 0 Å². The van der Waals surface area contributed by atoms with E-state index in [1.54, 1.807) is 23.9 Å². The van der Waals surface area contributed by atoms with Crippen molar-refractivity contribution in [3.63, 3.8) is 0 Å². The van der Waals surface area contributed by atoms with Crippen LogP contribution < -0.4 is 17.0 Å². The van der Waals surface area contributed by atoms with Crippen LogP contribution >= 0.6 is 0 Å². The first-order valence-corrected chi connectivity index (χ1v) is 4.05. The van der Waals surface area contributed by atoms with Crippen molar-refractivity contribution in [2.45, 2.75) is 13.0 Å². The second kappa shape index (κ2) is 5.15. The SMILES string of the molecule is NNOC(=O)CCn1ccccc1=O. The maximum atomic E-state index is 11.2. The van der Waals surface area contributed by atoms with E-state index >= 15 is 0 Å². The molecular weight excluding hydrogens is 186 g/mol. The Balaban J connectivity index is 2.50. The first-order valence-electron chi connectivity index (χ1n) is 4.05. The molecule has 14 heavy (non-hydrogen) atoms. The van der Waals surface area contributed by atoms with Gasteiger partial charge in [-0.1, -0.05) is 11.7 Å². The van der Waals surface area contributed by atoms with Crippen molar-refractivity contribution in [3.8, 4) is 0 Å². The van der Waals surface area contributed by atoms with E-state index in [9.17, 15) is 9.59 Å². The Morgan fingerprint density at radius 1 is 1.57 bits per heavy atom. The number of pyridine rings is 1. The summed E-state index contributed by atoms with van der Waals surface area (Å²) in [6, 6.07) is 4.78. The van der Waals surface area contributed by atoms with Gasteiger partial charge in [0.1, 0.15) is 0 Å². The number of nitrogens with one attached hydrogen (secondary N) is 1. The van der Waals surface area contributed by atoms with Crippen LogP contribution in [0.15, 0.2) is 29.2 Å². The van der Waals surface area contributed by atoms with E-state index < -0.39 is 5.97 Å². The lowest BCUT2D eigenvalue weighted by Crippen LogP contribution is -2.27. The van der Waals surface area contributed by atoms with E-state index in [4.69, 9.17) is 5.84 Å². The maximum absolute atomic E-state index is 11.2. The molecule has 0 aliphatic rings. The molecule has 0 amide bonds. The van der Waals surface area contributed by atoms with Gasteiger partial charge in [0.05, 0.1) is 6.42 Å². The van der Waals surface area contributed by atoms with Gasteiger partial charge in [-0.25, -0.2) is 5.84 Å². The Bertz CT molecular complexity index is 361. The summed E-state index contributed by atoms with van der Waals surface area (Å²) >= 11 is 0. The standard InChI is InChI=1S/C8H11N3O3/c9-10-14-8(13)4-6-11-5-2-1-3-7(11)12/h1-3,5,10H,4,6,9H2. The maximum Gasteiger partial charge on any atom is 0.328 e. The highest BCUT2D eigenvalue weighted by Gasteiger charge is 2.02. The van der Waals surface area contributed by atoms with Gasteiger partial charge >= 0.3 is 5.97 Å². The number of aryl methyl sites for hydroxylation is 1. The minimum absolute atomic E-state index is 0.0914. The summed E-state index contributed by atoms with van der Waals surface area (Å²) in [5.41, 5.74) is 1.63. The highest BCUT2D eigenvalue weighted by molar-refractivity contribution is 5.68. The quantitative estimate of drug-likeness (QED) is 0.485. The monoisotopic (exact) mass is 197 g/mol. The van der Waals surface area contributed by atoms with Gasteiger partial charge in [-0.2, -0.15) is 0 Å². The lowest BCUT2D eigenvalue weighted by atomic mass is 10.4. The average molecular weight is 197 g/mol. The Labute approximate surface area is 80.2 Å². The molecule has 0 atom stereocenters. The average Bonchev–Trinajstić information content (AvgIpc) is 2.17. The van der Waals surface area contributed by atoms with Gasteiger partial charge in [0.25, 0.3) is 5.56 Å². The Hall–Kier alpha value is -1.66. The molecule has 1 aromatic rings. The molecule has 6 heteroatoms. The molecular formula is C8H11N3O3. The van der Waals surface area contributed by atoms with Gasteiger partial charge in [0.15, 0.2) is 0 Å². The molecule has 1 rings (SSSR count). The third-order valence-corrected chi connectivity index (χ3v) is 1.63. The Kier molecular flexibility index (Phi) is 3.84. The molecule has 0 bridgehead atoms. The summed E-state index contributed by atoms with van der Waals surface area (Å²) in [7, 11) is 0. The largest absolute Gasteiger partial charge is 0.356 e. The van der Waals surface area contributed by atoms with E-state index in [1.165, 1.54) is 10.6 Å². The molecule has 0 aliphatic heterocycles. The lowest BCUT2D eigenvalue weighted by molar-refractivity contribution is -0.151. The van der Waals surface area contributed by atoms with Crippen molar-refractivity contribution in [1.29, 1.82) is 0 Å². The molecule has 0 spiro atoms. The van der Waals surface area contributed by atoms with Gasteiger partial charge in [-0.05, 0) is 6.07 Å². The zero-order valence-corrected chi connectivity index (χ0v) is 7.47. The van der Waals surface area contributed by atoms with Crippen molar-refractivity contribution < 1.29 is 9.63 Å². The van der Waals surface area contributed by atoms with Crippen molar-refractivity contribution in [2.75, 3.05) is 0 Å². The van der Waals surface area contributed by atoms with Crippen LogP contribution in [-0.2, 0) is 16.2 Å². The summed E-state index contributed by atoms with van der Waals surface area (Å²) < 4.78 is 1.41. The predicted molar refractivity (Wildman–Crippen MR) is 48.7 cm³/mol. The van der Waals surface area contributed by atoms with Crippen LogP contribution in [0.4, 0.5) is 0 Å². The third-order valence-electron chi connectivity index (χ3n) is 1.63. The van der Waals surface area contributed by atoms with Crippen LogP contribution in [-0.4, -0.2) is 10.5 Å². The molecule has 0 saturated carbocycles. The normalized spacial score (nSPS) is 9.79. The number of carbonyl (C=O) groups is 1. The van der Waals surface area contributed by atoms with Gasteiger partial charge in [-0.15, -0.1) is 0 Å². The van der Waals surface area contributed by atoms with Gasteiger partial charge in [-0.3, -0.25) is 9.59 Å². The van der Waals surface area contributed by atoms with Crippen molar-refractivity contribution in [2.24, 2.45) is 5.84 Å². The summed E-state index contributed by atoms with van der Waals surface area (Å²) in [6.07, 6.45) is 1.69. The molecule has 1 heterocycles. The molecule has 76 valence electrons. The number of hydrazine groups is 1. The summed E-state index contributed by atoms with van der Waals surface area (Å²) in [6.45, 7) is 0.278. The number of hydrogen-bond acceptors (Lipinski definition) is 5. The zero-order valence-electron chi connectivity index (χ0n) is 7.47. The molecule has 3 N–H and O–H groups in total. The first-order chi connectivity index (χ1) is 6.74. The van der Waals surface area contributed by atoms with Crippen LogP contribution in [0, 0.1) is 0 Å². The third kappa shape index (κ3) is 3.00. The number of aromatic nitrogens is 1. The fourth-order valence-electron chi connectivity index (χ4n) is 0.974. The summed E-state index contributed by atoms with van der Waals surface area (Å²) in [5.74, 6) is 4.26. The number of rotatable bonds is 4. The van der Waals surface area contributed by atoms with Crippen LogP contribution in [0.1, 0.15) is 6.42 Å². The highest BCUT2D eigenvalue weighted by atomic mass is 16.7. The smallest absolute Gasteiger partial charge is 0.328 e. The molecule has 0 saturated heterocycles. The lowest BCUT2D eigenvalue weighted by Gasteiger charge is -2.03. The number of hydrogen-bond donors (Lipinski definition) is 2. The Morgan fingerprint density at radius 2 is 2.36 bits per heavy atom. The van der Waals surface area contributed by atoms with Crippen molar-refractivity contribution in [1.82, 2.24) is 10.2 Å². The minimum Gasteiger partial charge on any atom is -0.356 e. The summed E-state index contributed by atoms with van der Waals surface area (Å²) in [4.78, 5) is 26.3. The fourth-order valence-corrected chi connectivity index (χ4v) is 0.974. The topological polar surface area (TPSA) is 86.3 Å². The summed E-state index contributed by atoms with van der Waals surface area (Å²) in [5, 5.41) is 0. The first kappa shape index (κ1) is 10.4. The van der Waals surface area contributed by atoms with Gasteiger partial charge < -0.3 is 9.40 Å². The number of carbonyl (C=O) groups excluding carboxylic acids is 1. The van der Waals surface area contributed by atoms with E-state index in [0.717, 1.165) is 0 Å². The molecule has 0 aliphatic carbocycles. The van der Waals surface area contributed by atoms with E-state index in [2.05, 4.69) is 4.84 Å². The zero-order chi connectivity index (χ0) is 10.4. The van der Waals surface area contributed by atoms with Crippen LogP contribution in [0.25, 0.3) is 0 Å². The minimum atomic E-state index is -0.511. The van der Waals surface area contributed by atoms with E-state index in [-0.39, 0.29) is 18.5 Å². The number of nitrogens with zero attached hydrogens (tertiary/aromatic N) is 1. The highest BCUT2D eigenvalue weighted by Crippen LogP contribution is 1.89. The second-order valence-electron chi connectivity index (χ2n) is 2.57. The van der Waals surface area contributed by atoms with Crippen LogP contribution in [0.3, 0.4) is 0 Å². The molecule has 0 aromatic carbocycles. The van der Waals surface area contributed by atoms with E-state index in [0.29, 0.717) is 0 Å². The van der Waals surface area contributed by atoms with Crippen molar-refractivity contribution >= 4 is 5.97 Å². The molecule has 0 fully saturated rings. The van der Waals surface area contributed by atoms with Gasteiger partial charge in [0, 0.05) is 18.8 Å². The van der Waals surface area contributed by atoms with Gasteiger partial charge in [0.2, 0.25) is 0 Å². The van der Waals surface area contributed by atoms with E-state index in [1.807, 2.05) is 0 Å². The molecule has 0 radical (unpaired) electrons. The fraction of sp³-hybridized carbons (Fsp3) is 0.250. The van der Waals surface area contributed by atoms with Crippen LogP contribution in [0.5, 0.6) is 0 Å². The number of nitrogens with two attached hydrogens (primary N) is 1. The van der Waals surface area contributed by atoms with Crippen molar-refractivity contribution in [3.05, 3.63) is 34.7 Å². The molecule has 1 aromatic heterocycles. The predicted octanol–water partition coefficient (Wildman–Crippen LogP) is -0.840. The molecule has 0 unspecified atom stereocenters. The Morgan fingerprint density at radius 3 is 3.00 bits per heavy atom. The molecule has 6 nitrogen and oxygen atoms in total.